The van der Waals surface area contributed by atoms with E-state index in [1.54, 1.807) is 0 Å². The van der Waals surface area contributed by atoms with Gasteiger partial charge in [0.1, 0.15) is 5.78 Å². The fraction of sp³-hybridized carbons (Fsp3) is 0.875. The fourth-order valence-electron chi connectivity index (χ4n) is 2.38. The predicted octanol–water partition coefficient (Wildman–Crippen LogP) is 1.62. The van der Waals surface area contributed by atoms with Crippen LogP contribution in [0, 0.1) is 17.3 Å². The smallest absolute Gasteiger partial charge is 0.136 e. The van der Waals surface area contributed by atoms with Gasteiger partial charge in [-0.1, -0.05) is 13.8 Å². The van der Waals surface area contributed by atoms with E-state index in [1.165, 1.54) is 0 Å². The summed E-state index contributed by atoms with van der Waals surface area (Å²) in [6.07, 6.45) is 2.02. The molecule has 0 aromatic rings. The Kier molecular flexibility index (Phi) is 0.744. The zero-order valence-corrected chi connectivity index (χ0v) is 5.98. The van der Waals surface area contributed by atoms with Gasteiger partial charge in [0.05, 0.1) is 0 Å². The summed E-state index contributed by atoms with van der Waals surface area (Å²) in [6.45, 7) is 4.42. The molecule has 2 fully saturated rings. The molecule has 0 bridgehead atoms. The van der Waals surface area contributed by atoms with Crippen LogP contribution in [-0.4, -0.2) is 5.78 Å². The Balaban J connectivity index is 2.23. The molecule has 1 heteroatoms. The number of carbonyl (C=O) groups is 1. The summed E-state index contributed by atoms with van der Waals surface area (Å²) in [5.41, 5.74) is 0.384. The Morgan fingerprint density at radius 2 is 2.22 bits per heavy atom. The van der Waals surface area contributed by atoms with Gasteiger partial charge in [-0.25, -0.2) is 0 Å². The van der Waals surface area contributed by atoms with Crippen molar-refractivity contribution < 1.29 is 4.79 Å². The van der Waals surface area contributed by atoms with Gasteiger partial charge in [0.25, 0.3) is 0 Å². The summed E-state index contributed by atoms with van der Waals surface area (Å²) in [5, 5.41) is 0. The normalized spacial score (nSPS) is 44.9. The van der Waals surface area contributed by atoms with Crippen LogP contribution in [0.15, 0.2) is 0 Å². The fourth-order valence-corrected chi connectivity index (χ4v) is 2.38. The zero-order chi connectivity index (χ0) is 6.65. The van der Waals surface area contributed by atoms with Crippen molar-refractivity contribution in [1.82, 2.24) is 0 Å². The number of fused-ring (bicyclic) bond motifs is 1. The molecule has 0 heterocycles. The van der Waals surface area contributed by atoms with Gasteiger partial charge in [0.15, 0.2) is 0 Å². The topological polar surface area (TPSA) is 17.1 Å². The molecule has 2 atom stereocenters. The first-order chi connectivity index (χ1) is 4.14. The Labute approximate surface area is 55.4 Å². The van der Waals surface area contributed by atoms with Gasteiger partial charge < -0.3 is 0 Å². The third-order valence-electron chi connectivity index (χ3n) is 3.10. The molecule has 2 saturated carbocycles. The molecule has 0 unspecified atom stereocenters. The van der Waals surface area contributed by atoms with E-state index < -0.39 is 0 Å². The molecule has 0 saturated heterocycles. The molecule has 0 aromatic carbocycles. The van der Waals surface area contributed by atoms with E-state index in [0.717, 1.165) is 18.8 Å². The van der Waals surface area contributed by atoms with E-state index in [-0.39, 0.29) is 0 Å². The summed E-state index contributed by atoms with van der Waals surface area (Å²) < 4.78 is 0. The number of rotatable bonds is 0. The molecule has 2 rings (SSSR count). The minimum absolute atomic E-state index is 0.384. The van der Waals surface area contributed by atoms with E-state index in [9.17, 15) is 4.79 Å². The van der Waals surface area contributed by atoms with Crippen molar-refractivity contribution in [1.29, 1.82) is 0 Å². The molecule has 0 spiro atoms. The lowest BCUT2D eigenvalue weighted by atomic mass is 10.0. The lowest BCUT2D eigenvalue weighted by Gasteiger charge is -2.04. The first-order valence-corrected chi connectivity index (χ1v) is 3.67. The van der Waals surface area contributed by atoms with Crippen LogP contribution in [0.25, 0.3) is 0 Å². The minimum Gasteiger partial charge on any atom is -0.299 e. The SMILES string of the molecule is CC1(C)[C@@H]2CCC(=O)[C@H]21. The summed E-state index contributed by atoms with van der Waals surface area (Å²) in [5.74, 6) is 1.73. The average Bonchev–Trinajstić information content (AvgIpc) is 2.19. The van der Waals surface area contributed by atoms with Gasteiger partial charge in [0, 0.05) is 12.3 Å². The highest BCUT2D eigenvalue weighted by molar-refractivity contribution is 5.87. The van der Waals surface area contributed by atoms with Gasteiger partial charge in [-0.3, -0.25) is 4.79 Å². The van der Waals surface area contributed by atoms with Gasteiger partial charge in [-0.15, -0.1) is 0 Å². The van der Waals surface area contributed by atoms with E-state index in [1.807, 2.05) is 0 Å². The van der Waals surface area contributed by atoms with Crippen molar-refractivity contribution in [2.75, 3.05) is 0 Å². The lowest BCUT2D eigenvalue weighted by molar-refractivity contribution is -0.119. The van der Waals surface area contributed by atoms with Crippen molar-refractivity contribution in [3.8, 4) is 0 Å². The van der Waals surface area contributed by atoms with Gasteiger partial charge >= 0.3 is 0 Å². The minimum atomic E-state index is 0.384. The number of hydrogen-bond acceptors (Lipinski definition) is 1. The third kappa shape index (κ3) is 0.480. The highest BCUT2D eigenvalue weighted by atomic mass is 16.1. The standard InChI is InChI=1S/C8H12O/c1-8(2)5-3-4-6(9)7(5)8/h5,7H,3-4H2,1-2H3/t5-,7+/m1/s1. The van der Waals surface area contributed by atoms with Crippen molar-refractivity contribution in [2.45, 2.75) is 26.7 Å². The first-order valence-electron chi connectivity index (χ1n) is 3.67. The molecule has 0 radical (unpaired) electrons. The lowest BCUT2D eigenvalue weighted by Crippen LogP contribution is -2.04. The highest BCUT2D eigenvalue weighted by Crippen LogP contribution is 2.64. The molecule has 2 aliphatic rings. The second-order valence-electron chi connectivity index (χ2n) is 3.91. The Morgan fingerprint density at radius 1 is 1.56 bits per heavy atom. The number of ketones is 1. The van der Waals surface area contributed by atoms with Crippen molar-refractivity contribution in [3.63, 3.8) is 0 Å². The van der Waals surface area contributed by atoms with Gasteiger partial charge in [-0.2, -0.15) is 0 Å². The summed E-state index contributed by atoms with van der Waals surface area (Å²) >= 11 is 0. The quantitative estimate of drug-likeness (QED) is 0.479. The zero-order valence-electron chi connectivity index (χ0n) is 5.98. The maximum Gasteiger partial charge on any atom is 0.136 e. The van der Waals surface area contributed by atoms with Crippen LogP contribution in [-0.2, 0) is 4.79 Å². The summed E-state index contributed by atoms with van der Waals surface area (Å²) in [4.78, 5) is 11.0. The van der Waals surface area contributed by atoms with Crippen LogP contribution in [0.2, 0.25) is 0 Å². The van der Waals surface area contributed by atoms with Crippen molar-refractivity contribution in [3.05, 3.63) is 0 Å². The van der Waals surface area contributed by atoms with Gasteiger partial charge in [-0.05, 0) is 17.8 Å². The van der Waals surface area contributed by atoms with Crippen LogP contribution >= 0.6 is 0 Å². The molecular weight excluding hydrogens is 112 g/mol. The third-order valence-corrected chi connectivity index (χ3v) is 3.10. The molecule has 2 aliphatic carbocycles. The molecule has 1 nitrogen and oxygen atoms in total. The number of hydrogen-bond donors (Lipinski definition) is 0. The van der Waals surface area contributed by atoms with Crippen molar-refractivity contribution >= 4 is 5.78 Å². The van der Waals surface area contributed by atoms with Gasteiger partial charge in [0.2, 0.25) is 0 Å². The molecule has 0 amide bonds. The number of Topliss-reactive ketones (excluding diaryl/α,β-unsaturated/α-hetero) is 1. The molecular formula is C8H12O. The van der Waals surface area contributed by atoms with E-state index in [4.69, 9.17) is 0 Å². The van der Waals surface area contributed by atoms with E-state index >= 15 is 0 Å². The van der Waals surface area contributed by atoms with Crippen LogP contribution in [0.5, 0.6) is 0 Å². The Bertz CT molecular complexity index is 169. The molecule has 0 aliphatic heterocycles. The summed E-state index contributed by atoms with van der Waals surface area (Å²) in [7, 11) is 0. The predicted molar refractivity (Wildman–Crippen MR) is 35.0 cm³/mol. The largest absolute Gasteiger partial charge is 0.299 e. The monoisotopic (exact) mass is 124 g/mol. The second kappa shape index (κ2) is 1.23. The summed E-state index contributed by atoms with van der Waals surface area (Å²) in [6, 6.07) is 0. The average molecular weight is 124 g/mol. The molecule has 9 heavy (non-hydrogen) atoms. The van der Waals surface area contributed by atoms with Crippen LogP contribution in [0.1, 0.15) is 26.7 Å². The Morgan fingerprint density at radius 3 is 2.44 bits per heavy atom. The van der Waals surface area contributed by atoms with Crippen LogP contribution in [0.4, 0.5) is 0 Å². The maximum atomic E-state index is 11.0. The van der Waals surface area contributed by atoms with Crippen molar-refractivity contribution in [2.24, 2.45) is 17.3 Å². The molecule has 50 valence electrons. The van der Waals surface area contributed by atoms with Crippen LogP contribution in [0.3, 0.4) is 0 Å². The Hall–Kier alpha value is -0.330. The maximum absolute atomic E-state index is 11.0. The second-order valence-corrected chi connectivity index (χ2v) is 3.91. The van der Waals surface area contributed by atoms with E-state index in [2.05, 4.69) is 13.8 Å². The number of carbonyl (C=O) groups excluding carboxylic acids is 1. The van der Waals surface area contributed by atoms with Crippen LogP contribution < -0.4 is 0 Å². The first kappa shape index (κ1) is 5.45. The molecule has 0 aromatic heterocycles. The molecule has 0 N–H and O–H groups in total. The highest BCUT2D eigenvalue weighted by Gasteiger charge is 2.63. The van der Waals surface area contributed by atoms with E-state index in [0.29, 0.717) is 17.1 Å².